The van der Waals surface area contributed by atoms with E-state index in [1.165, 1.54) is 11.3 Å². The fourth-order valence-electron chi connectivity index (χ4n) is 2.72. The van der Waals surface area contributed by atoms with E-state index < -0.39 is 0 Å². The average Bonchev–Trinajstić information content (AvgIpc) is 2.94. The lowest BCUT2D eigenvalue weighted by Crippen LogP contribution is -2.10. The summed E-state index contributed by atoms with van der Waals surface area (Å²) in [7, 11) is 0. The molecule has 0 saturated carbocycles. The molecule has 0 aliphatic rings. The molecule has 3 aromatic heterocycles. The predicted octanol–water partition coefficient (Wildman–Crippen LogP) is 3.61. The van der Waals surface area contributed by atoms with Crippen molar-refractivity contribution in [1.82, 2.24) is 19.9 Å². The molecule has 3 heterocycles. The number of aromatic amines is 1. The Morgan fingerprint density at radius 1 is 1.23 bits per heavy atom. The fraction of sp³-hybridized carbons (Fsp3) is 0.105. The molecule has 0 amide bonds. The van der Waals surface area contributed by atoms with Gasteiger partial charge in [0.25, 0.3) is 5.56 Å². The molecule has 7 heteroatoms. The molecule has 0 aliphatic heterocycles. The largest absolute Gasteiger partial charge is 0.305 e. The van der Waals surface area contributed by atoms with Gasteiger partial charge in [0.15, 0.2) is 5.82 Å². The van der Waals surface area contributed by atoms with Gasteiger partial charge in [-0.25, -0.2) is 9.97 Å². The molecule has 6 nitrogen and oxygen atoms in total. The number of nitriles is 1. The molecule has 26 heavy (non-hydrogen) atoms. The lowest BCUT2D eigenvalue weighted by atomic mass is 10.2. The second-order valence-electron chi connectivity index (χ2n) is 5.83. The third kappa shape index (κ3) is 2.66. The summed E-state index contributed by atoms with van der Waals surface area (Å²) >= 11 is 1.45. The number of aryl methyl sites for hydroxylation is 2. The van der Waals surface area contributed by atoms with Gasteiger partial charge in [0.05, 0.1) is 33.9 Å². The number of H-pyrrole nitrogens is 1. The van der Waals surface area contributed by atoms with Crippen molar-refractivity contribution in [2.24, 2.45) is 0 Å². The van der Waals surface area contributed by atoms with Crippen LogP contribution in [-0.4, -0.2) is 19.9 Å². The lowest BCUT2D eigenvalue weighted by Gasteiger charge is -2.01. The molecule has 1 N–H and O–H groups in total. The van der Waals surface area contributed by atoms with Crippen LogP contribution in [0.4, 0.5) is 0 Å². The lowest BCUT2D eigenvalue weighted by molar-refractivity contribution is 1.13. The number of benzene rings is 1. The molecule has 0 unspecified atom stereocenters. The topological polar surface area (TPSA) is 95.3 Å². The molecule has 0 atom stereocenters. The zero-order chi connectivity index (χ0) is 18.3. The Hall–Kier alpha value is -3.37. The number of hydrogen-bond donors (Lipinski definition) is 1. The van der Waals surface area contributed by atoms with Crippen molar-refractivity contribution in [3.63, 3.8) is 0 Å². The number of allylic oxidation sites excluding steroid dienone is 1. The summed E-state index contributed by atoms with van der Waals surface area (Å²) < 4.78 is 0. The summed E-state index contributed by atoms with van der Waals surface area (Å²) in [6.07, 6.45) is 3.17. The standard InChI is InChI=1S/C19H13N5OS/c1-10-11(2)26-19-16(10)18(25)23-17(24-19)12(8-20)7-13-9-21-14-5-3-4-6-15(14)22-13/h3-7,9H,1-2H3,(H,23,24,25)/b12-7+. The first-order valence-electron chi connectivity index (χ1n) is 7.91. The van der Waals surface area contributed by atoms with Crippen LogP contribution in [0.25, 0.3) is 32.9 Å². The van der Waals surface area contributed by atoms with E-state index in [0.29, 0.717) is 15.9 Å². The number of para-hydroxylation sites is 2. The molecular weight excluding hydrogens is 346 g/mol. The van der Waals surface area contributed by atoms with Crippen molar-refractivity contribution in [1.29, 1.82) is 5.26 Å². The van der Waals surface area contributed by atoms with Crippen LogP contribution in [-0.2, 0) is 0 Å². The van der Waals surface area contributed by atoms with E-state index in [9.17, 15) is 10.1 Å². The van der Waals surface area contributed by atoms with Gasteiger partial charge in [-0.15, -0.1) is 11.3 Å². The number of hydrogen-bond acceptors (Lipinski definition) is 6. The van der Waals surface area contributed by atoms with Crippen molar-refractivity contribution in [3.8, 4) is 6.07 Å². The number of aromatic nitrogens is 4. The van der Waals surface area contributed by atoms with E-state index in [1.54, 1.807) is 12.3 Å². The zero-order valence-corrected chi connectivity index (χ0v) is 14.9. The van der Waals surface area contributed by atoms with Gasteiger partial charge >= 0.3 is 0 Å². The summed E-state index contributed by atoms with van der Waals surface area (Å²) in [5.74, 6) is 0.237. The number of nitrogens with one attached hydrogen (secondary N) is 1. The van der Waals surface area contributed by atoms with Crippen LogP contribution < -0.4 is 5.56 Å². The highest BCUT2D eigenvalue weighted by molar-refractivity contribution is 7.18. The van der Waals surface area contributed by atoms with Gasteiger partial charge in [0, 0.05) is 4.88 Å². The maximum absolute atomic E-state index is 12.4. The minimum absolute atomic E-state index is 0.234. The summed E-state index contributed by atoms with van der Waals surface area (Å²) in [5, 5.41) is 10.1. The van der Waals surface area contributed by atoms with Crippen LogP contribution in [0, 0.1) is 25.2 Å². The van der Waals surface area contributed by atoms with Crippen LogP contribution in [0.2, 0.25) is 0 Å². The van der Waals surface area contributed by atoms with Crippen molar-refractivity contribution >= 4 is 44.2 Å². The average molecular weight is 359 g/mol. The molecular formula is C19H13N5OS. The maximum Gasteiger partial charge on any atom is 0.260 e. The molecule has 0 bridgehead atoms. The smallest absolute Gasteiger partial charge is 0.260 e. The number of fused-ring (bicyclic) bond motifs is 2. The van der Waals surface area contributed by atoms with Gasteiger partial charge in [0.2, 0.25) is 0 Å². The van der Waals surface area contributed by atoms with Crippen LogP contribution in [0.5, 0.6) is 0 Å². The molecule has 0 radical (unpaired) electrons. The molecule has 0 aliphatic carbocycles. The van der Waals surface area contributed by atoms with Gasteiger partial charge in [-0.1, -0.05) is 12.1 Å². The Morgan fingerprint density at radius 3 is 2.77 bits per heavy atom. The first-order valence-corrected chi connectivity index (χ1v) is 8.72. The van der Waals surface area contributed by atoms with Crippen LogP contribution >= 0.6 is 11.3 Å². The minimum Gasteiger partial charge on any atom is -0.305 e. The fourth-order valence-corrected chi connectivity index (χ4v) is 3.75. The number of thiophene rings is 1. The van der Waals surface area contributed by atoms with E-state index in [4.69, 9.17) is 0 Å². The highest BCUT2D eigenvalue weighted by Gasteiger charge is 2.14. The van der Waals surface area contributed by atoms with E-state index in [2.05, 4.69) is 26.0 Å². The second kappa shape index (κ2) is 6.17. The Labute approximate surface area is 152 Å². The predicted molar refractivity (Wildman–Crippen MR) is 103 cm³/mol. The molecule has 0 fully saturated rings. The van der Waals surface area contributed by atoms with Crippen molar-refractivity contribution < 1.29 is 0 Å². The van der Waals surface area contributed by atoms with E-state index in [1.807, 2.05) is 38.1 Å². The highest BCUT2D eigenvalue weighted by atomic mass is 32.1. The van der Waals surface area contributed by atoms with Crippen LogP contribution in [0.1, 0.15) is 22.0 Å². The Morgan fingerprint density at radius 2 is 2.00 bits per heavy atom. The third-order valence-electron chi connectivity index (χ3n) is 4.17. The van der Waals surface area contributed by atoms with Gasteiger partial charge in [-0.3, -0.25) is 9.78 Å². The molecule has 0 spiro atoms. The van der Waals surface area contributed by atoms with Gasteiger partial charge < -0.3 is 4.98 Å². The van der Waals surface area contributed by atoms with Gasteiger partial charge in [-0.05, 0) is 37.6 Å². The first kappa shape index (κ1) is 16.1. The van der Waals surface area contributed by atoms with Crippen LogP contribution in [0.3, 0.4) is 0 Å². The molecule has 126 valence electrons. The number of rotatable bonds is 2. The van der Waals surface area contributed by atoms with Crippen LogP contribution in [0.15, 0.2) is 35.3 Å². The molecule has 4 rings (SSSR count). The second-order valence-corrected chi connectivity index (χ2v) is 7.03. The monoisotopic (exact) mass is 359 g/mol. The minimum atomic E-state index is -0.238. The molecule has 0 saturated heterocycles. The quantitative estimate of drug-likeness (QED) is 0.552. The Kier molecular flexibility index (Phi) is 3.82. The third-order valence-corrected chi connectivity index (χ3v) is 5.28. The Balaban J connectivity index is 1.86. The van der Waals surface area contributed by atoms with Crippen molar-refractivity contribution in [2.45, 2.75) is 13.8 Å². The first-order chi connectivity index (χ1) is 12.6. The maximum atomic E-state index is 12.4. The summed E-state index contributed by atoms with van der Waals surface area (Å²) in [4.78, 5) is 30.1. The van der Waals surface area contributed by atoms with E-state index >= 15 is 0 Å². The highest BCUT2D eigenvalue weighted by Crippen LogP contribution is 2.26. The van der Waals surface area contributed by atoms with Crippen molar-refractivity contribution in [2.75, 3.05) is 0 Å². The van der Waals surface area contributed by atoms with Gasteiger partial charge in [0.1, 0.15) is 10.9 Å². The van der Waals surface area contributed by atoms with Gasteiger partial charge in [-0.2, -0.15) is 5.26 Å². The zero-order valence-electron chi connectivity index (χ0n) is 14.1. The summed E-state index contributed by atoms with van der Waals surface area (Å²) in [5.41, 5.74) is 2.96. The Bertz CT molecular complexity index is 1290. The van der Waals surface area contributed by atoms with Crippen molar-refractivity contribution in [3.05, 3.63) is 62.8 Å². The molecule has 4 aromatic rings. The number of nitrogens with zero attached hydrogens (tertiary/aromatic N) is 4. The SMILES string of the molecule is Cc1sc2nc(/C(C#N)=C/c3cnc4ccccc4n3)[nH]c(=O)c2c1C. The summed E-state index contributed by atoms with van der Waals surface area (Å²) in [6, 6.07) is 9.59. The molecule has 1 aromatic carbocycles. The normalized spacial score (nSPS) is 11.8. The summed E-state index contributed by atoms with van der Waals surface area (Å²) in [6.45, 7) is 3.85. The van der Waals surface area contributed by atoms with E-state index in [-0.39, 0.29) is 17.0 Å². The van der Waals surface area contributed by atoms with E-state index in [0.717, 1.165) is 21.5 Å².